The Hall–Kier alpha value is -4.66. The molecule has 0 spiro atoms. The summed E-state index contributed by atoms with van der Waals surface area (Å²) in [7, 11) is -2.46. The summed E-state index contributed by atoms with van der Waals surface area (Å²) in [5.74, 6) is -1.65. The maximum absolute atomic E-state index is 13.9. The number of halogens is 1. The normalized spacial score (nSPS) is 16.0. The Morgan fingerprint density at radius 1 is 1.00 bits per heavy atom. The quantitative estimate of drug-likeness (QED) is 0.165. The van der Waals surface area contributed by atoms with Crippen LogP contribution >= 0.6 is 0 Å². The molecule has 0 unspecified atom stereocenters. The van der Waals surface area contributed by atoms with E-state index < -0.39 is 51.4 Å². The maximum Gasteiger partial charge on any atom is 0.251 e. The molecule has 3 atom stereocenters. The number of carbonyl (C=O) groups is 2. The number of rotatable bonds is 13. The van der Waals surface area contributed by atoms with Gasteiger partial charge in [-0.25, -0.2) is 17.5 Å². The summed E-state index contributed by atoms with van der Waals surface area (Å²) in [6.45, 7) is 1.68. The molecule has 260 valence electrons. The Labute approximate surface area is 285 Å². The lowest BCUT2D eigenvalue weighted by molar-refractivity contribution is 0.0397. The largest absolute Gasteiger partial charge is 0.389 e. The average Bonchev–Trinajstić information content (AvgIpc) is 3.74. The number of aliphatic hydroxyl groups excluding tert-OH is 1. The van der Waals surface area contributed by atoms with Crippen molar-refractivity contribution in [1.82, 2.24) is 25.6 Å². The van der Waals surface area contributed by atoms with Crippen LogP contribution in [0.25, 0.3) is 0 Å². The first-order valence-corrected chi connectivity index (χ1v) is 17.9. The molecule has 1 aliphatic carbocycles. The molecule has 0 radical (unpaired) electrons. The second-order valence-electron chi connectivity index (χ2n) is 12.6. The number of carbonyl (C=O) groups excluding carboxylic acids is 2. The molecule has 49 heavy (non-hydrogen) atoms. The zero-order chi connectivity index (χ0) is 35.3. The third-order valence-electron chi connectivity index (χ3n) is 8.92. The van der Waals surface area contributed by atoms with Crippen LogP contribution in [0, 0.1) is 5.82 Å². The number of hydrogen-bond donors (Lipinski definition) is 4. The first kappa shape index (κ1) is 35.6. The molecule has 1 aromatic heterocycles. The lowest BCUT2D eigenvalue weighted by Gasteiger charge is -2.25. The molecule has 1 aliphatic rings. The molecule has 0 aliphatic heterocycles. The number of hydrogen-bond acceptors (Lipinski definition) is 8. The summed E-state index contributed by atoms with van der Waals surface area (Å²) in [6.07, 6.45) is 4.63. The molecule has 1 saturated carbocycles. The van der Waals surface area contributed by atoms with Crippen molar-refractivity contribution < 1.29 is 32.6 Å². The highest BCUT2D eigenvalue weighted by Gasteiger charge is 2.36. The van der Waals surface area contributed by atoms with Gasteiger partial charge < -0.3 is 20.8 Å². The first-order valence-electron chi connectivity index (χ1n) is 16.0. The van der Waals surface area contributed by atoms with E-state index in [1.165, 1.54) is 42.1 Å². The number of amides is 2. The van der Waals surface area contributed by atoms with Crippen LogP contribution in [-0.4, -0.2) is 70.9 Å². The van der Waals surface area contributed by atoms with Crippen LogP contribution < -0.4 is 14.9 Å². The van der Waals surface area contributed by atoms with Gasteiger partial charge in [0, 0.05) is 18.2 Å². The topological polar surface area (TPSA) is 167 Å². The van der Waals surface area contributed by atoms with Crippen molar-refractivity contribution >= 4 is 27.5 Å². The van der Waals surface area contributed by atoms with Gasteiger partial charge in [0.05, 0.1) is 42.9 Å². The third kappa shape index (κ3) is 8.88. The Balaban J connectivity index is 1.41. The van der Waals surface area contributed by atoms with E-state index in [-0.39, 0.29) is 29.8 Å². The lowest BCUT2D eigenvalue weighted by atomic mass is 9.99. The average molecular weight is 693 g/mol. The van der Waals surface area contributed by atoms with E-state index in [0.29, 0.717) is 24.1 Å². The van der Waals surface area contributed by atoms with Crippen LogP contribution in [0.4, 0.5) is 10.1 Å². The Bertz CT molecular complexity index is 1880. The predicted molar refractivity (Wildman–Crippen MR) is 182 cm³/mol. The number of aliphatic hydroxyl groups is 2. The van der Waals surface area contributed by atoms with E-state index in [2.05, 4.69) is 20.9 Å². The molecule has 4 N–H and O–H groups in total. The zero-order valence-electron chi connectivity index (χ0n) is 27.6. The molecule has 4 aromatic rings. The van der Waals surface area contributed by atoms with Crippen LogP contribution in [0.5, 0.6) is 0 Å². The van der Waals surface area contributed by atoms with E-state index in [0.717, 1.165) is 29.0 Å². The molecule has 12 nitrogen and oxygen atoms in total. The summed E-state index contributed by atoms with van der Waals surface area (Å²) in [6, 6.07) is 17.6. The van der Waals surface area contributed by atoms with Crippen LogP contribution in [0.15, 0.2) is 79.0 Å². The van der Waals surface area contributed by atoms with Gasteiger partial charge in [-0.15, -0.1) is 5.10 Å². The summed E-state index contributed by atoms with van der Waals surface area (Å²) < 4.78 is 40.8. The van der Waals surface area contributed by atoms with Gasteiger partial charge in [-0.05, 0) is 67.6 Å². The molecule has 0 bridgehead atoms. The van der Waals surface area contributed by atoms with Crippen molar-refractivity contribution in [2.75, 3.05) is 17.6 Å². The zero-order valence-corrected chi connectivity index (χ0v) is 28.4. The predicted octanol–water partition coefficient (Wildman–Crippen LogP) is 3.47. The number of benzene rings is 3. The highest BCUT2D eigenvalue weighted by atomic mass is 32.2. The van der Waals surface area contributed by atoms with E-state index in [1.54, 1.807) is 25.3 Å². The molecule has 0 saturated heterocycles. The number of sulfonamides is 1. The Kier molecular flexibility index (Phi) is 10.8. The van der Waals surface area contributed by atoms with Crippen molar-refractivity contribution in [2.45, 2.75) is 69.4 Å². The van der Waals surface area contributed by atoms with Crippen molar-refractivity contribution in [1.29, 1.82) is 0 Å². The Morgan fingerprint density at radius 3 is 2.22 bits per heavy atom. The highest BCUT2D eigenvalue weighted by Crippen LogP contribution is 2.37. The fourth-order valence-electron chi connectivity index (χ4n) is 5.90. The summed E-state index contributed by atoms with van der Waals surface area (Å²) in [5, 5.41) is 36.3. The molecular formula is C35H41FN6O6S. The lowest BCUT2D eigenvalue weighted by Crippen LogP contribution is -2.46. The summed E-state index contributed by atoms with van der Waals surface area (Å²) in [4.78, 5) is 27.3. The van der Waals surface area contributed by atoms with Crippen molar-refractivity contribution in [3.8, 4) is 0 Å². The third-order valence-corrected chi connectivity index (χ3v) is 10.1. The van der Waals surface area contributed by atoms with Crippen molar-refractivity contribution in [3.63, 3.8) is 0 Å². The monoisotopic (exact) mass is 692 g/mol. The van der Waals surface area contributed by atoms with Crippen LogP contribution in [0.3, 0.4) is 0 Å². The van der Waals surface area contributed by atoms with E-state index >= 15 is 0 Å². The van der Waals surface area contributed by atoms with Gasteiger partial charge in [-0.1, -0.05) is 60.5 Å². The second-order valence-corrected chi connectivity index (χ2v) is 14.7. The second kappa shape index (κ2) is 14.8. The van der Waals surface area contributed by atoms with Crippen LogP contribution in [0.1, 0.15) is 76.2 Å². The van der Waals surface area contributed by atoms with Gasteiger partial charge in [0.25, 0.3) is 11.8 Å². The van der Waals surface area contributed by atoms with E-state index in [4.69, 9.17) is 0 Å². The fourth-order valence-corrected chi connectivity index (χ4v) is 6.39. The first-order chi connectivity index (χ1) is 23.2. The minimum atomic E-state index is -3.77. The minimum Gasteiger partial charge on any atom is -0.389 e. The molecule has 5 rings (SSSR count). The van der Waals surface area contributed by atoms with Gasteiger partial charge in [0.15, 0.2) is 0 Å². The smallest absolute Gasteiger partial charge is 0.251 e. The van der Waals surface area contributed by atoms with E-state index in [1.807, 2.05) is 30.3 Å². The maximum atomic E-state index is 13.9. The van der Waals surface area contributed by atoms with Crippen molar-refractivity contribution in [3.05, 3.63) is 113 Å². The van der Waals surface area contributed by atoms with Gasteiger partial charge in [0.2, 0.25) is 10.0 Å². The molecule has 14 heteroatoms. The standard InChI is InChI=1S/C35H41FN6O6S/c1-23(25-11-13-28(36)14-12-25)37-33(44)26-18-27(20-29(19-26)41(2)49(3,47)48)34(45)38-30(17-24-9-5-4-6-10-24)31(43)21-42-22-32(39-40-42)35(46)15-7-8-16-35/h4-6,9-14,18-20,22-23,30-31,43,46H,7-8,15-17,21H2,1-3H3,(H,37,44)(H,38,45)/t23-,30+,31+/m1/s1. The molecule has 2 amide bonds. The van der Waals surface area contributed by atoms with Gasteiger partial charge in [-0.3, -0.25) is 13.9 Å². The van der Waals surface area contributed by atoms with Gasteiger partial charge in [0.1, 0.15) is 17.1 Å². The Morgan fingerprint density at radius 2 is 1.61 bits per heavy atom. The van der Waals surface area contributed by atoms with E-state index in [9.17, 15) is 32.6 Å². The van der Waals surface area contributed by atoms with Gasteiger partial charge in [-0.2, -0.15) is 0 Å². The molecule has 1 fully saturated rings. The van der Waals surface area contributed by atoms with Crippen molar-refractivity contribution in [2.24, 2.45) is 0 Å². The summed E-state index contributed by atoms with van der Waals surface area (Å²) >= 11 is 0. The van der Waals surface area contributed by atoms with Crippen LogP contribution in [-0.2, 0) is 28.6 Å². The fraction of sp³-hybridized carbons (Fsp3) is 0.371. The summed E-state index contributed by atoms with van der Waals surface area (Å²) in [5.41, 5.74) is 0.962. The molecule has 1 heterocycles. The number of nitrogens with one attached hydrogen (secondary N) is 2. The molecule has 3 aromatic carbocycles. The van der Waals surface area contributed by atoms with Crippen LogP contribution in [0.2, 0.25) is 0 Å². The SMILES string of the molecule is C[C@@H](NC(=O)c1cc(C(=O)N[C@@H](Cc2ccccc2)[C@@H](O)Cn2cc(C3(O)CCCC3)nn2)cc(N(C)S(C)(=O)=O)c1)c1ccc(F)cc1. The van der Waals surface area contributed by atoms with Gasteiger partial charge >= 0.3 is 0 Å². The highest BCUT2D eigenvalue weighted by molar-refractivity contribution is 7.92. The number of nitrogens with zero attached hydrogens (tertiary/aromatic N) is 4. The minimum absolute atomic E-state index is 0.00987. The number of aromatic nitrogens is 3. The number of anilines is 1. The molecular weight excluding hydrogens is 651 g/mol.